The third-order valence-corrected chi connectivity index (χ3v) is 4.19. The van der Waals surface area contributed by atoms with Gasteiger partial charge in [-0.25, -0.2) is 8.42 Å². The molecule has 6 nitrogen and oxygen atoms in total. The highest BCUT2D eigenvalue weighted by Crippen LogP contribution is 2.20. The lowest BCUT2D eigenvalue weighted by atomic mass is 10.3. The van der Waals surface area contributed by atoms with Crippen LogP contribution < -0.4 is 10.9 Å². The number of carbonyl (C=O) groups is 1. The molecule has 0 unspecified atom stereocenters. The molecule has 1 aromatic heterocycles. The van der Waals surface area contributed by atoms with Gasteiger partial charge in [0.15, 0.2) is 9.84 Å². The van der Waals surface area contributed by atoms with Gasteiger partial charge >= 0.3 is 0 Å². The number of rotatable bonds is 5. The number of aromatic nitrogens is 1. The van der Waals surface area contributed by atoms with Gasteiger partial charge in [0.2, 0.25) is 5.91 Å². The van der Waals surface area contributed by atoms with Crippen molar-refractivity contribution < 1.29 is 13.2 Å². The summed E-state index contributed by atoms with van der Waals surface area (Å²) in [6, 6.07) is 11.0. The van der Waals surface area contributed by atoms with E-state index in [0.717, 1.165) is 6.26 Å². The predicted octanol–water partition coefficient (Wildman–Crippen LogP) is 1.28. The molecule has 1 aromatic carbocycles. The standard InChI is InChI=1S/C15H16N2O4S/c1-22(20,21)13-7-3-2-6-12(13)16-14(18)9-11-17-10-5-4-8-15(17)19/h2-8,10H,9,11H2,1H3,(H,16,18). The molecule has 0 spiro atoms. The van der Waals surface area contributed by atoms with E-state index >= 15 is 0 Å². The van der Waals surface area contributed by atoms with Crippen LogP contribution >= 0.6 is 0 Å². The van der Waals surface area contributed by atoms with Gasteiger partial charge in [0.25, 0.3) is 5.56 Å². The van der Waals surface area contributed by atoms with Crippen molar-refractivity contribution in [2.45, 2.75) is 17.9 Å². The minimum Gasteiger partial charge on any atom is -0.325 e. The van der Waals surface area contributed by atoms with Crippen LogP contribution in [-0.4, -0.2) is 25.1 Å². The molecule has 0 bridgehead atoms. The van der Waals surface area contributed by atoms with Gasteiger partial charge in [0.05, 0.1) is 10.6 Å². The van der Waals surface area contributed by atoms with E-state index < -0.39 is 9.84 Å². The monoisotopic (exact) mass is 320 g/mol. The van der Waals surface area contributed by atoms with Crippen LogP contribution in [0.2, 0.25) is 0 Å². The Hall–Kier alpha value is -2.41. The van der Waals surface area contributed by atoms with Gasteiger partial charge in [-0.2, -0.15) is 0 Å². The zero-order chi connectivity index (χ0) is 16.2. The SMILES string of the molecule is CS(=O)(=O)c1ccccc1NC(=O)CCn1ccccc1=O. The molecule has 116 valence electrons. The van der Waals surface area contributed by atoms with Crippen LogP contribution in [0.1, 0.15) is 6.42 Å². The number of benzene rings is 1. The largest absolute Gasteiger partial charge is 0.325 e. The minimum atomic E-state index is -3.42. The summed E-state index contributed by atoms with van der Waals surface area (Å²) in [4.78, 5) is 23.6. The summed E-state index contributed by atoms with van der Waals surface area (Å²) in [7, 11) is -3.42. The summed E-state index contributed by atoms with van der Waals surface area (Å²) < 4.78 is 24.7. The number of pyridine rings is 1. The fraction of sp³-hybridized carbons (Fsp3) is 0.200. The van der Waals surface area contributed by atoms with Crippen molar-refractivity contribution in [2.75, 3.05) is 11.6 Å². The number of hydrogen-bond donors (Lipinski definition) is 1. The lowest BCUT2D eigenvalue weighted by Gasteiger charge is -2.10. The number of anilines is 1. The van der Waals surface area contributed by atoms with Crippen molar-refractivity contribution in [2.24, 2.45) is 0 Å². The fourth-order valence-corrected chi connectivity index (χ4v) is 2.82. The topological polar surface area (TPSA) is 85.2 Å². The third-order valence-electron chi connectivity index (χ3n) is 3.04. The molecule has 7 heteroatoms. The first kappa shape index (κ1) is 16.0. The first-order valence-corrected chi connectivity index (χ1v) is 8.51. The Labute approximate surface area is 128 Å². The number of nitrogens with zero attached hydrogens (tertiary/aromatic N) is 1. The zero-order valence-corrected chi connectivity index (χ0v) is 12.8. The number of aryl methyl sites for hydroxylation is 1. The van der Waals surface area contributed by atoms with Crippen LogP contribution in [0, 0.1) is 0 Å². The Morgan fingerprint density at radius 3 is 2.50 bits per heavy atom. The predicted molar refractivity (Wildman–Crippen MR) is 83.5 cm³/mol. The van der Waals surface area contributed by atoms with E-state index in [1.54, 1.807) is 30.5 Å². The molecule has 1 heterocycles. The molecule has 2 aromatic rings. The van der Waals surface area contributed by atoms with Crippen molar-refractivity contribution in [1.29, 1.82) is 0 Å². The smallest absolute Gasteiger partial charge is 0.250 e. The second kappa shape index (κ2) is 6.57. The summed E-state index contributed by atoms with van der Waals surface area (Å²) in [5.41, 5.74) is 0.0576. The lowest BCUT2D eigenvalue weighted by Crippen LogP contribution is -2.22. The van der Waals surface area contributed by atoms with Crippen molar-refractivity contribution >= 4 is 21.4 Å². The first-order valence-electron chi connectivity index (χ1n) is 6.62. The van der Waals surface area contributed by atoms with Gasteiger partial charge in [-0.1, -0.05) is 18.2 Å². The molecule has 0 aliphatic carbocycles. The Kier molecular flexibility index (Phi) is 4.77. The van der Waals surface area contributed by atoms with Gasteiger partial charge in [0, 0.05) is 31.5 Å². The van der Waals surface area contributed by atoms with Gasteiger partial charge in [-0.05, 0) is 18.2 Å². The van der Waals surface area contributed by atoms with Crippen LogP contribution in [0.3, 0.4) is 0 Å². The van der Waals surface area contributed by atoms with Crippen molar-refractivity contribution in [3.05, 3.63) is 59.0 Å². The molecule has 0 fully saturated rings. The van der Waals surface area contributed by atoms with E-state index in [2.05, 4.69) is 5.32 Å². The Morgan fingerprint density at radius 1 is 1.14 bits per heavy atom. The second-order valence-corrected chi connectivity index (χ2v) is 6.78. The minimum absolute atomic E-state index is 0.0697. The molecule has 0 saturated carbocycles. The number of nitrogens with one attached hydrogen (secondary N) is 1. The Balaban J connectivity index is 2.08. The molecule has 0 aliphatic rings. The molecule has 1 amide bonds. The molecule has 22 heavy (non-hydrogen) atoms. The van der Waals surface area contributed by atoms with E-state index in [9.17, 15) is 18.0 Å². The average molecular weight is 320 g/mol. The molecular weight excluding hydrogens is 304 g/mol. The summed E-state index contributed by atoms with van der Waals surface area (Å²) >= 11 is 0. The quantitative estimate of drug-likeness (QED) is 0.899. The molecule has 0 aliphatic heterocycles. The highest BCUT2D eigenvalue weighted by atomic mass is 32.2. The van der Waals surface area contributed by atoms with Crippen LogP contribution in [0.4, 0.5) is 5.69 Å². The lowest BCUT2D eigenvalue weighted by molar-refractivity contribution is -0.116. The van der Waals surface area contributed by atoms with Crippen molar-refractivity contribution in [3.63, 3.8) is 0 Å². The van der Waals surface area contributed by atoms with E-state index in [4.69, 9.17) is 0 Å². The Morgan fingerprint density at radius 2 is 1.82 bits per heavy atom. The normalized spacial score (nSPS) is 11.1. The highest BCUT2D eigenvalue weighted by Gasteiger charge is 2.14. The van der Waals surface area contributed by atoms with Gasteiger partial charge in [0.1, 0.15) is 0 Å². The number of amides is 1. The summed E-state index contributed by atoms with van der Waals surface area (Å²) in [6.07, 6.45) is 2.75. The molecular formula is C15H16N2O4S. The van der Waals surface area contributed by atoms with Gasteiger partial charge in [-0.15, -0.1) is 0 Å². The number of para-hydroxylation sites is 1. The van der Waals surface area contributed by atoms with E-state index in [-0.39, 0.29) is 35.0 Å². The maximum atomic E-state index is 12.0. The Bertz CT molecular complexity index is 840. The molecule has 1 N–H and O–H groups in total. The third kappa shape index (κ3) is 4.05. The van der Waals surface area contributed by atoms with Crippen molar-refractivity contribution in [1.82, 2.24) is 4.57 Å². The van der Waals surface area contributed by atoms with Crippen LogP contribution in [0.15, 0.2) is 58.4 Å². The van der Waals surface area contributed by atoms with Gasteiger partial charge in [-0.3, -0.25) is 9.59 Å². The van der Waals surface area contributed by atoms with Crippen LogP contribution in [0.5, 0.6) is 0 Å². The number of sulfone groups is 1. The summed E-state index contributed by atoms with van der Waals surface area (Å²) in [5.74, 6) is -0.355. The highest BCUT2D eigenvalue weighted by molar-refractivity contribution is 7.90. The maximum absolute atomic E-state index is 12.0. The number of hydrogen-bond acceptors (Lipinski definition) is 4. The van der Waals surface area contributed by atoms with Crippen LogP contribution in [-0.2, 0) is 21.2 Å². The first-order chi connectivity index (χ1) is 10.4. The van der Waals surface area contributed by atoms with E-state index in [1.807, 2.05) is 0 Å². The zero-order valence-electron chi connectivity index (χ0n) is 12.0. The van der Waals surface area contributed by atoms with E-state index in [1.165, 1.54) is 22.8 Å². The number of carbonyl (C=O) groups excluding carboxylic acids is 1. The summed E-state index contributed by atoms with van der Waals surface area (Å²) in [6.45, 7) is 0.229. The summed E-state index contributed by atoms with van der Waals surface area (Å²) in [5, 5.41) is 2.57. The second-order valence-electron chi connectivity index (χ2n) is 4.80. The molecule has 0 saturated heterocycles. The van der Waals surface area contributed by atoms with E-state index in [0.29, 0.717) is 0 Å². The molecule has 0 radical (unpaired) electrons. The molecule has 2 rings (SSSR count). The van der Waals surface area contributed by atoms with Gasteiger partial charge < -0.3 is 9.88 Å². The van der Waals surface area contributed by atoms with Crippen molar-refractivity contribution in [3.8, 4) is 0 Å². The van der Waals surface area contributed by atoms with Crippen LogP contribution in [0.25, 0.3) is 0 Å². The molecule has 0 atom stereocenters. The average Bonchev–Trinajstić information content (AvgIpc) is 2.46. The maximum Gasteiger partial charge on any atom is 0.250 e. The fourth-order valence-electron chi connectivity index (χ4n) is 1.97.